The average molecular weight is 359 g/mol. The van der Waals surface area contributed by atoms with Crippen LogP contribution in [0.5, 0.6) is 0 Å². The summed E-state index contributed by atoms with van der Waals surface area (Å²) < 4.78 is 5.34. The highest BCUT2D eigenvalue weighted by atomic mass is 16.6. The van der Waals surface area contributed by atoms with E-state index >= 15 is 0 Å². The lowest BCUT2D eigenvalue weighted by Gasteiger charge is -2.40. The smallest absolute Gasteiger partial charge is 0.225 e. The van der Waals surface area contributed by atoms with Crippen LogP contribution in [0.1, 0.15) is 58.3 Å². The van der Waals surface area contributed by atoms with Gasteiger partial charge >= 0.3 is 0 Å². The number of carbonyl (C=O) groups is 1. The van der Waals surface area contributed by atoms with Crippen molar-refractivity contribution in [2.24, 2.45) is 11.8 Å². The Balaban J connectivity index is 1.80. The standard InChI is InChI=1S/C18H33NO6/c1-2-3-4-5-11-6-8-12(9-7-11)17(24)19-18-16(23)15(22)14(21)13(10-20)25-18/h11-16,18,20-23H,2-10H2,1H3,(H,19,24)/t11?,12?,13-,14-,15+,16+,18-/m1/s1. The molecular weight excluding hydrogens is 326 g/mol. The number of hydrogen-bond acceptors (Lipinski definition) is 6. The molecule has 1 saturated carbocycles. The molecule has 5 atom stereocenters. The molecule has 5 N–H and O–H groups in total. The molecule has 0 unspecified atom stereocenters. The Kier molecular flexibility index (Phi) is 8.09. The quantitative estimate of drug-likeness (QED) is 0.417. The SMILES string of the molecule is CCCCCC1CCC(C(=O)N[C@@H]2O[C@H](CO)[C@@H](O)[C@H](O)[C@@H]2O)CC1. The van der Waals surface area contributed by atoms with Gasteiger partial charge in [-0.05, 0) is 31.6 Å². The monoisotopic (exact) mass is 359 g/mol. The topological polar surface area (TPSA) is 119 Å². The number of hydrogen-bond donors (Lipinski definition) is 5. The zero-order valence-corrected chi connectivity index (χ0v) is 15.0. The van der Waals surface area contributed by atoms with Crippen molar-refractivity contribution in [2.75, 3.05) is 6.61 Å². The maximum atomic E-state index is 12.5. The minimum absolute atomic E-state index is 0.116. The van der Waals surface area contributed by atoms with Gasteiger partial charge in [0.2, 0.25) is 5.91 Å². The minimum Gasteiger partial charge on any atom is -0.394 e. The Morgan fingerprint density at radius 1 is 1.04 bits per heavy atom. The molecule has 1 heterocycles. The van der Waals surface area contributed by atoms with E-state index in [1.807, 2.05) is 0 Å². The van der Waals surface area contributed by atoms with Gasteiger partial charge in [-0.1, -0.05) is 32.6 Å². The molecular formula is C18H33NO6. The maximum absolute atomic E-state index is 12.5. The van der Waals surface area contributed by atoms with Gasteiger partial charge in [-0.15, -0.1) is 0 Å². The highest BCUT2D eigenvalue weighted by Gasteiger charge is 2.44. The largest absolute Gasteiger partial charge is 0.394 e. The van der Waals surface area contributed by atoms with Gasteiger partial charge in [0.25, 0.3) is 0 Å². The van der Waals surface area contributed by atoms with Crippen molar-refractivity contribution in [3.63, 3.8) is 0 Å². The first-order valence-electron chi connectivity index (χ1n) is 9.58. The third-order valence-corrected chi connectivity index (χ3v) is 5.61. The fourth-order valence-corrected chi connectivity index (χ4v) is 3.88. The highest BCUT2D eigenvalue weighted by Crippen LogP contribution is 2.32. The summed E-state index contributed by atoms with van der Waals surface area (Å²) in [6.45, 7) is 1.69. The lowest BCUT2D eigenvalue weighted by Crippen LogP contribution is -2.63. The summed E-state index contributed by atoms with van der Waals surface area (Å²) in [6, 6.07) is 0. The third kappa shape index (κ3) is 5.37. The fraction of sp³-hybridized carbons (Fsp3) is 0.944. The molecule has 0 bridgehead atoms. The number of carbonyl (C=O) groups excluding carboxylic acids is 1. The molecule has 25 heavy (non-hydrogen) atoms. The summed E-state index contributed by atoms with van der Waals surface area (Å²) in [6.07, 6.45) is 2.26. The summed E-state index contributed by atoms with van der Waals surface area (Å²) in [5, 5.41) is 41.4. The van der Waals surface area contributed by atoms with Crippen molar-refractivity contribution in [3.8, 4) is 0 Å². The zero-order chi connectivity index (χ0) is 18.4. The number of nitrogens with one attached hydrogen (secondary N) is 1. The average Bonchev–Trinajstić information content (AvgIpc) is 2.63. The second kappa shape index (κ2) is 9.83. The summed E-state index contributed by atoms with van der Waals surface area (Å²) in [7, 11) is 0. The van der Waals surface area contributed by atoms with Gasteiger partial charge in [0, 0.05) is 5.92 Å². The Bertz CT molecular complexity index is 410. The van der Waals surface area contributed by atoms with Crippen molar-refractivity contribution in [2.45, 2.75) is 88.9 Å². The first kappa shape index (κ1) is 20.6. The molecule has 2 fully saturated rings. The maximum Gasteiger partial charge on any atom is 0.225 e. The number of aliphatic hydroxyl groups is 4. The van der Waals surface area contributed by atoms with Crippen molar-refractivity contribution >= 4 is 5.91 Å². The summed E-state index contributed by atoms with van der Waals surface area (Å²) in [5.41, 5.74) is 0. The van der Waals surface area contributed by atoms with Crippen LogP contribution in [-0.2, 0) is 9.53 Å². The van der Waals surface area contributed by atoms with Crippen molar-refractivity contribution < 1.29 is 30.0 Å². The molecule has 0 spiro atoms. The number of ether oxygens (including phenoxy) is 1. The lowest BCUT2D eigenvalue weighted by molar-refractivity contribution is -0.236. The van der Waals surface area contributed by atoms with Crippen LogP contribution in [0.3, 0.4) is 0 Å². The van der Waals surface area contributed by atoms with Gasteiger partial charge in [0.05, 0.1) is 6.61 Å². The van der Waals surface area contributed by atoms with E-state index in [2.05, 4.69) is 12.2 Å². The molecule has 0 aromatic rings. The van der Waals surface area contributed by atoms with Gasteiger partial charge in [0.15, 0.2) is 6.23 Å². The Morgan fingerprint density at radius 3 is 2.32 bits per heavy atom. The third-order valence-electron chi connectivity index (χ3n) is 5.61. The van der Waals surface area contributed by atoms with Gasteiger partial charge < -0.3 is 30.5 Å². The second-order valence-electron chi connectivity index (χ2n) is 7.47. The van der Waals surface area contributed by atoms with E-state index in [0.717, 1.165) is 25.7 Å². The molecule has 0 radical (unpaired) electrons. The molecule has 1 saturated heterocycles. The molecule has 1 amide bonds. The van der Waals surface area contributed by atoms with E-state index in [9.17, 15) is 25.2 Å². The number of rotatable bonds is 7. The Hall–Kier alpha value is -0.730. The van der Waals surface area contributed by atoms with Crippen LogP contribution in [0.4, 0.5) is 0 Å². The minimum atomic E-state index is -1.47. The predicted molar refractivity (Wildman–Crippen MR) is 91.5 cm³/mol. The molecule has 0 aromatic heterocycles. The van der Waals surface area contributed by atoms with E-state index < -0.39 is 37.3 Å². The molecule has 0 aromatic carbocycles. The van der Waals surface area contributed by atoms with Gasteiger partial charge in [-0.3, -0.25) is 4.79 Å². The summed E-state index contributed by atoms with van der Waals surface area (Å²) in [5.74, 6) is 0.383. The summed E-state index contributed by atoms with van der Waals surface area (Å²) >= 11 is 0. The highest BCUT2D eigenvalue weighted by molar-refractivity contribution is 5.79. The van der Waals surface area contributed by atoms with E-state index in [0.29, 0.717) is 5.92 Å². The van der Waals surface area contributed by atoms with Crippen LogP contribution in [0.15, 0.2) is 0 Å². The van der Waals surface area contributed by atoms with Crippen LogP contribution in [0.25, 0.3) is 0 Å². The summed E-state index contributed by atoms with van der Waals surface area (Å²) in [4.78, 5) is 12.5. The predicted octanol–water partition coefficient (Wildman–Crippen LogP) is 0.289. The molecule has 7 nitrogen and oxygen atoms in total. The van der Waals surface area contributed by atoms with Gasteiger partial charge in [-0.2, -0.15) is 0 Å². The number of unbranched alkanes of at least 4 members (excludes halogenated alkanes) is 2. The molecule has 1 aliphatic carbocycles. The number of amides is 1. The van der Waals surface area contributed by atoms with Crippen LogP contribution in [-0.4, -0.2) is 63.6 Å². The number of aliphatic hydroxyl groups excluding tert-OH is 4. The van der Waals surface area contributed by atoms with E-state index in [1.165, 1.54) is 25.7 Å². The Morgan fingerprint density at radius 2 is 1.72 bits per heavy atom. The van der Waals surface area contributed by atoms with Crippen LogP contribution < -0.4 is 5.32 Å². The van der Waals surface area contributed by atoms with Gasteiger partial charge in [-0.25, -0.2) is 0 Å². The first-order valence-corrected chi connectivity index (χ1v) is 9.58. The normalized spacial score (nSPS) is 39.2. The first-order chi connectivity index (χ1) is 12.0. The van der Waals surface area contributed by atoms with Crippen LogP contribution in [0, 0.1) is 11.8 Å². The van der Waals surface area contributed by atoms with Crippen LogP contribution in [0.2, 0.25) is 0 Å². The van der Waals surface area contributed by atoms with E-state index in [4.69, 9.17) is 4.74 Å². The van der Waals surface area contributed by atoms with E-state index in [1.54, 1.807) is 0 Å². The van der Waals surface area contributed by atoms with Gasteiger partial charge in [0.1, 0.15) is 24.4 Å². The molecule has 2 rings (SSSR count). The fourth-order valence-electron chi connectivity index (χ4n) is 3.88. The zero-order valence-electron chi connectivity index (χ0n) is 15.0. The van der Waals surface area contributed by atoms with Crippen molar-refractivity contribution in [3.05, 3.63) is 0 Å². The Labute approximate surface area is 149 Å². The molecule has 146 valence electrons. The molecule has 7 heteroatoms. The molecule has 1 aliphatic heterocycles. The van der Waals surface area contributed by atoms with Crippen LogP contribution >= 0.6 is 0 Å². The second-order valence-corrected chi connectivity index (χ2v) is 7.47. The van der Waals surface area contributed by atoms with Crippen molar-refractivity contribution in [1.29, 1.82) is 0 Å². The molecule has 2 aliphatic rings. The van der Waals surface area contributed by atoms with E-state index in [-0.39, 0.29) is 11.8 Å². The van der Waals surface area contributed by atoms with Crippen molar-refractivity contribution in [1.82, 2.24) is 5.32 Å². The lowest BCUT2D eigenvalue weighted by atomic mass is 9.79.